The third-order valence-corrected chi connectivity index (χ3v) is 4.53. The highest BCUT2D eigenvalue weighted by Crippen LogP contribution is 2.34. The Labute approximate surface area is 149 Å². The van der Waals surface area contributed by atoms with E-state index >= 15 is 0 Å². The van der Waals surface area contributed by atoms with Crippen molar-refractivity contribution in [1.29, 1.82) is 0 Å². The number of fused-ring (bicyclic) bond motifs is 3. The van der Waals surface area contributed by atoms with Crippen molar-refractivity contribution in [2.24, 2.45) is 0 Å². The largest absolute Gasteiger partial charge is 0.423 e. The maximum atomic E-state index is 12.3. The van der Waals surface area contributed by atoms with Gasteiger partial charge in [-0.15, -0.1) is 0 Å². The second-order valence-electron chi connectivity index (χ2n) is 6.07. The topological polar surface area (TPSA) is 55.0 Å². The van der Waals surface area contributed by atoms with Crippen LogP contribution in [0.25, 0.3) is 21.8 Å². The molecule has 4 rings (SSSR count). The first-order valence-corrected chi connectivity index (χ1v) is 8.26. The molecule has 2 heterocycles. The quantitative estimate of drug-likeness (QED) is 0.307. The molecule has 2 aromatic heterocycles. The summed E-state index contributed by atoms with van der Waals surface area (Å²) in [7, 11) is 0. The van der Waals surface area contributed by atoms with E-state index in [0.717, 1.165) is 32.9 Å². The van der Waals surface area contributed by atoms with Crippen molar-refractivity contribution in [2.75, 3.05) is 0 Å². The van der Waals surface area contributed by atoms with Gasteiger partial charge in [0.05, 0.1) is 11.1 Å². The zero-order chi connectivity index (χ0) is 17.6. The van der Waals surface area contributed by atoms with Crippen molar-refractivity contribution >= 4 is 39.4 Å². The van der Waals surface area contributed by atoms with Gasteiger partial charge >= 0.3 is 5.97 Å². The molecule has 1 N–H and O–H groups in total. The number of H-pyrrole nitrogens is 1. The first-order valence-electron chi connectivity index (χ1n) is 7.88. The second-order valence-corrected chi connectivity index (χ2v) is 6.43. The lowest BCUT2D eigenvalue weighted by Gasteiger charge is -2.05. The summed E-state index contributed by atoms with van der Waals surface area (Å²) < 4.78 is 5.52. The van der Waals surface area contributed by atoms with E-state index in [4.69, 9.17) is 16.3 Å². The van der Waals surface area contributed by atoms with Crippen LogP contribution in [0.1, 0.15) is 21.5 Å². The summed E-state index contributed by atoms with van der Waals surface area (Å²) in [5.74, 6) is 0.0798. The van der Waals surface area contributed by atoms with Gasteiger partial charge in [-0.05, 0) is 49.7 Å². The number of carbonyl (C=O) groups excluding carboxylic acids is 1. The van der Waals surface area contributed by atoms with Crippen molar-refractivity contribution in [2.45, 2.75) is 13.8 Å². The Morgan fingerprint density at radius 3 is 2.64 bits per heavy atom. The van der Waals surface area contributed by atoms with E-state index in [1.165, 1.54) is 0 Å². The van der Waals surface area contributed by atoms with Gasteiger partial charge in [-0.1, -0.05) is 29.3 Å². The van der Waals surface area contributed by atoms with Crippen LogP contribution in [0.4, 0.5) is 0 Å². The van der Waals surface area contributed by atoms with Gasteiger partial charge in [0.15, 0.2) is 0 Å². The third-order valence-electron chi connectivity index (χ3n) is 4.24. The number of esters is 1. The molecule has 0 amide bonds. The number of hydrogen-bond donors (Lipinski definition) is 1. The van der Waals surface area contributed by atoms with Crippen molar-refractivity contribution in [3.8, 4) is 5.75 Å². The van der Waals surface area contributed by atoms with Crippen LogP contribution in [0, 0.1) is 13.8 Å². The van der Waals surface area contributed by atoms with Gasteiger partial charge in [-0.2, -0.15) is 0 Å². The first-order chi connectivity index (χ1) is 12.0. The average molecular weight is 351 g/mol. The Morgan fingerprint density at radius 1 is 1.12 bits per heavy atom. The molecule has 0 saturated carbocycles. The number of carbonyl (C=O) groups is 1. The molecule has 0 unspecified atom stereocenters. The highest BCUT2D eigenvalue weighted by molar-refractivity contribution is 6.36. The van der Waals surface area contributed by atoms with E-state index in [9.17, 15) is 4.79 Å². The predicted molar refractivity (Wildman–Crippen MR) is 99.5 cm³/mol. The van der Waals surface area contributed by atoms with E-state index < -0.39 is 0 Å². The number of pyridine rings is 1. The molecule has 0 spiro atoms. The summed E-state index contributed by atoms with van der Waals surface area (Å²) in [5, 5.41) is 2.14. The normalized spacial score (nSPS) is 11.2. The minimum Gasteiger partial charge on any atom is -0.423 e. The number of nitrogens with zero attached hydrogens (tertiary/aromatic N) is 1. The van der Waals surface area contributed by atoms with Crippen molar-refractivity contribution in [1.82, 2.24) is 9.97 Å². The minimum atomic E-state index is -0.389. The van der Waals surface area contributed by atoms with Crippen molar-refractivity contribution in [3.05, 3.63) is 70.5 Å². The van der Waals surface area contributed by atoms with E-state index in [1.54, 1.807) is 24.4 Å². The third kappa shape index (κ3) is 2.75. The molecule has 4 aromatic rings. The van der Waals surface area contributed by atoms with Crippen LogP contribution in [0.5, 0.6) is 5.75 Å². The SMILES string of the molecule is Cc1ccc(C(=O)Oc2ccc3[nH]c4c(C)cnc(Cl)c4c3c2)cc1. The molecule has 4 nitrogen and oxygen atoms in total. The molecule has 0 radical (unpaired) electrons. The fourth-order valence-corrected chi connectivity index (χ4v) is 3.13. The number of hydrogen-bond acceptors (Lipinski definition) is 3. The fourth-order valence-electron chi connectivity index (χ4n) is 2.88. The highest BCUT2D eigenvalue weighted by Gasteiger charge is 2.14. The van der Waals surface area contributed by atoms with E-state index in [-0.39, 0.29) is 5.97 Å². The van der Waals surface area contributed by atoms with Gasteiger partial charge in [0, 0.05) is 22.5 Å². The van der Waals surface area contributed by atoms with Gasteiger partial charge in [-0.25, -0.2) is 9.78 Å². The average Bonchev–Trinajstić information content (AvgIpc) is 2.99. The fraction of sp³-hybridized carbons (Fsp3) is 0.100. The molecular weight excluding hydrogens is 336 g/mol. The molecule has 0 aliphatic heterocycles. The lowest BCUT2D eigenvalue weighted by Crippen LogP contribution is -2.08. The number of nitrogens with one attached hydrogen (secondary N) is 1. The Bertz CT molecular complexity index is 1110. The Kier molecular flexibility index (Phi) is 3.70. The van der Waals surface area contributed by atoms with Crippen molar-refractivity contribution < 1.29 is 9.53 Å². The predicted octanol–water partition coefficient (Wildman–Crippen LogP) is 5.21. The molecule has 124 valence electrons. The molecule has 0 saturated heterocycles. The summed E-state index contributed by atoms with van der Waals surface area (Å²) in [5.41, 5.74) is 4.48. The van der Waals surface area contributed by atoms with Crippen LogP contribution in [0.2, 0.25) is 5.15 Å². The summed E-state index contributed by atoms with van der Waals surface area (Å²) in [6.45, 7) is 3.94. The maximum absolute atomic E-state index is 12.3. The van der Waals surface area contributed by atoms with Crippen molar-refractivity contribution in [3.63, 3.8) is 0 Å². The minimum absolute atomic E-state index is 0.389. The highest BCUT2D eigenvalue weighted by atomic mass is 35.5. The van der Waals surface area contributed by atoms with Crippen LogP contribution >= 0.6 is 11.6 Å². The van der Waals surface area contributed by atoms with Gasteiger partial charge < -0.3 is 9.72 Å². The second kappa shape index (κ2) is 5.90. The molecule has 0 bridgehead atoms. The van der Waals surface area contributed by atoms with Crippen LogP contribution in [-0.4, -0.2) is 15.9 Å². The summed E-state index contributed by atoms with van der Waals surface area (Å²) in [4.78, 5) is 19.9. The van der Waals surface area contributed by atoms with Gasteiger partial charge in [0.1, 0.15) is 10.9 Å². The van der Waals surface area contributed by atoms with E-state index in [2.05, 4.69) is 9.97 Å². The van der Waals surface area contributed by atoms with Crippen LogP contribution in [-0.2, 0) is 0 Å². The maximum Gasteiger partial charge on any atom is 0.343 e. The van der Waals surface area contributed by atoms with Gasteiger partial charge in [0.25, 0.3) is 0 Å². The number of halogens is 1. The zero-order valence-corrected chi connectivity index (χ0v) is 14.5. The number of benzene rings is 2. The summed E-state index contributed by atoms with van der Waals surface area (Å²) in [6.07, 6.45) is 1.73. The molecule has 5 heteroatoms. The Morgan fingerprint density at radius 2 is 1.88 bits per heavy atom. The molecule has 0 aliphatic carbocycles. The molecular formula is C20H15ClN2O2. The van der Waals surface area contributed by atoms with E-state index in [1.807, 2.05) is 38.1 Å². The van der Waals surface area contributed by atoms with Crippen LogP contribution < -0.4 is 4.74 Å². The van der Waals surface area contributed by atoms with Gasteiger partial charge in [-0.3, -0.25) is 0 Å². The smallest absolute Gasteiger partial charge is 0.343 e. The molecule has 0 aliphatic rings. The molecule has 0 fully saturated rings. The number of rotatable bonds is 2. The van der Waals surface area contributed by atoms with Crippen LogP contribution in [0.15, 0.2) is 48.7 Å². The lowest BCUT2D eigenvalue weighted by molar-refractivity contribution is 0.0735. The molecule has 0 atom stereocenters. The summed E-state index contributed by atoms with van der Waals surface area (Å²) in [6, 6.07) is 12.7. The molecule has 25 heavy (non-hydrogen) atoms. The first kappa shape index (κ1) is 15.7. The van der Waals surface area contributed by atoms with Crippen LogP contribution in [0.3, 0.4) is 0 Å². The zero-order valence-electron chi connectivity index (χ0n) is 13.8. The Hall–Kier alpha value is -2.85. The number of aromatic amines is 1. The number of aryl methyl sites for hydroxylation is 2. The van der Waals surface area contributed by atoms with Gasteiger partial charge in [0.2, 0.25) is 0 Å². The Balaban J connectivity index is 1.76. The lowest BCUT2D eigenvalue weighted by atomic mass is 10.1. The van der Waals surface area contributed by atoms with E-state index in [0.29, 0.717) is 16.5 Å². The standard InChI is InChI=1S/C20H15ClN2O2/c1-11-3-5-13(6-4-11)20(24)25-14-7-8-16-15(9-14)17-18(23-16)12(2)10-22-19(17)21/h3-10,23H,1-2H3. The summed E-state index contributed by atoms with van der Waals surface area (Å²) >= 11 is 6.28. The number of ether oxygens (including phenoxy) is 1. The monoisotopic (exact) mass is 350 g/mol. The molecule has 2 aromatic carbocycles. The number of aromatic nitrogens is 2.